The molecule has 0 amide bonds. The van der Waals surface area contributed by atoms with Gasteiger partial charge in [0, 0.05) is 18.6 Å². The summed E-state index contributed by atoms with van der Waals surface area (Å²) in [6.07, 6.45) is -1.46. The second-order valence-corrected chi connectivity index (χ2v) is 14.0. The summed E-state index contributed by atoms with van der Waals surface area (Å²) in [5.41, 5.74) is -3.59. The summed E-state index contributed by atoms with van der Waals surface area (Å²) < 4.78 is 2.51. The molecule has 0 aromatic carbocycles. The molecule has 1 rings (SSSR count). The molecule has 3 atom stereocenters. The summed E-state index contributed by atoms with van der Waals surface area (Å²) >= 11 is 0. The first-order chi connectivity index (χ1) is 19.2. The lowest BCUT2D eigenvalue weighted by Gasteiger charge is -2.37. The first-order valence-corrected chi connectivity index (χ1v) is 15.0. The Morgan fingerprint density at radius 1 is 0.690 bits per heavy atom. The Kier molecular flexibility index (Phi) is 15.3. The van der Waals surface area contributed by atoms with E-state index < -0.39 is 40.8 Å². The van der Waals surface area contributed by atoms with Crippen LogP contribution in [0.5, 0.6) is 0 Å². The van der Waals surface area contributed by atoms with Crippen LogP contribution in [-0.4, -0.2) is 135 Å². The highest BCUT2D eigenvalue weighted by Gasteiger charge is 2.28. The van der Waals surface area contributed by atoms with Crippen LogP contribution in [0.25, 0.3) is 0 Å². The Bertz CT molecular complexity index is 1110. The summed E-state index contributed by atoms with van der Waals surface area (Å²) in [4.78, 5) is 46.6. The van der Waals surface area contributed by atoms with E-state index in [1.54, 1.807) is 20.8 Å². The van der Waals surface area contributed by atoms with Crippen molar-refractivity contribution in [2.75, 3.05) is 67.5 Å². The van der Waals surface area contributed by atoms with Gasteiger partial charge in [-0.25, -0.2) is 28.1 Å². The minimum atomic E-state index is -1.08. The van der Waals surface area contributed by atoms with Crippen molar-refractivity contribution in [1.29, 1.82) is 0 Å². The van der Waals surface area contributed by atoms with Crippen LogP contribution in [0.3, 0.4) is 0 Å². The largest absolute Gasteiger partial charge is 0.391 e. The van der Waals surface area contributed by atoms with E-state index in [-0.39, 0.29) is 38.3 Å². The third-order valence-electron chi connectivity index (χ3n) is 7.28. The van der Waals surface area contributed by atoms with Gasteiger partial charge in [-0.05, 0) is 93.4 Å². The normalized spacial score (nSPS) is 15.1. The van der Waals surface area contributed by atoms with E-state index in [0.29, 0.717) is 13.1 Å². The number of β-amino-alcohol motifs (C(OH)–C–C–N with tert-alkyl or cyclic N) is 1. The number of rotatable bonds is 18. The van der Waals surface area contributed by atoms with Crippen molar-refractivity contribution in [3.63, 3.8) is 0 Å². The first kappa shape index (κ1) is 38.2. The van der Waals surface area contributed by atoms with Gasteiger partial charge in [-0.15, -0.1) is 0 Å². The fourth-order valence-electron chi connectivity index (χ4n) is 4.46. The predicted octanol–water partition coefficient (Wildman–Crippen LogP) is -1.11. The molecule has 0 spiro atoms. The van der Waals surface area contributed by atoms with Gasteiger partial charge in [-0.1, -0.05) is 20.8 Å². The Balaban J connectivity index is 3.33. The van der Waals surface area contributed by atoms with Gasteiger partial charge in [-0.2, -0.15) is 0 Å². The number of aliphatic hydroxyl groups excluding tert-OH is 3. The Morgan fingerprint density at radius 2 is 1.14 bits per heavy atom. The maximum absolute atomic E-state index is 13.5. The summed E-state index contributed by atoms with van der Waals surface area (Å²) in [5, 5.41) is 35.6. The SMILES string of the molecule is CN(C)CCCNCC(O)Cn1c(=O)n(CC(O)CN(CCCN(C)C)C(C)(C)C)c(=O)n(CC(O)C(C)(C)C)c1=O. The molecular weight excluding hydrogens is 542 g/mol. The maximum Gasteiger partial charge on any atom is 0.336 e. The Morgan fingerprint density at radius 3 is 1.60 bits per heavy atom. The monoisotopic (exact) mass is 601 g/mol. The van der Waals surface area contributed by atoms with E-state index >= 15 is 0 Å². The van der Waals surface area contributed by atoms with Crippen molar-refractivity contribution in [1.82, 2.24) is 33.7 Å². The van der Waals surface area contributed by atoms with E-state index in [0.717, 1.165) is 39.6 Å². The lowest BCUT2D eigenvalue weighted by Crippen LogP contribution is -2.58. The molecule has 13 nitrogen and oxygen atoms in total. The second-order valence-electron chi connectivity index (χ2n) is 14.0. The van der Waals surface area contributed by atoms with E-state index in [4.69, 9.17) is 0 Å². The molecule has 4 N–H and O–H groups in total. The average Bonchev–Trinajstić information content (AvgIpc) is 2.84. The number of hydrogen-bond acceptors (Lipinski definition) is 10. The van der Waals surface area contributed by atoms with Crippen molar-refractivity contribution >= 4 is 0 Å². The zero-order valence-corrected chi connectivity index (χ0v) is 27.8. The molecule has 0 saturated carbocycles. The standard InChI is InChI=1S/C29H59N7O6/c1-28(2,3)24(39)21-36-26(41)34(19-22(37)17-30-13-11-14-31(7)8)25(40)35(27(36)42)20-23(38)18-33(29(4,5)6)16-12-15-32(9)10/h22-24,30,37-39H,11-21H2,1-10H3. The molecular formula is C29H59N7O6. The molecule has 1 aromatic rings. The van der Waals surface area contributed by atoms with Gasteiger partial charge in [0.05, 0.1) is 37.9 Å². The first-order valence-electron chi connectivity index (χ1n) is 15.0. The minimum Gasteiger partial charge on any atom is -0.391 e. The van der Waals surface area contributed by atoms with Crippen LogP contribution >= 0.6 is 0 Å². The third kappa shape index (κ3) is 12.8. The molecule has 0 saturated heterocycles. The van der Waals surface area contributed by atoms with Crippen molar-refractivity contribution in [2.45, 2.75) is 97.9 Å². The zero-order valence-electron chi connectivity index (χ0n) is 27.8. The van der Waals surface area contributed by atoms with Gasteiger partial charge < -0.3 is 30.4 Å². The van der Waals surface area contributed by atoms with Crippen LogP contribution in [0.15, 0.2) is 14.4 Å². The minimum absolute atomic E-state index is 0.152. The summed E-state index contributed by atoms with van der Waals surface area (Å²) in [5.74, 6) is 0. The van der Waals surface area contributed by atoms with E-state index in [9.17, 15) is 29.7 Å². The Labute approximate surface area is 251 Å². The predicted molar refractivity (Wildman–Crippen MR) is 167 cm³/mol. The molecule has 3 unspecified atom stereocenters. The fourth-order valence-corrected chi connectivity index (χ4v) is 4.46. The van der Waals surface area contributed by atoms with Gasteiger partial charge in [-0.3, -0.25) is 4.90 Å². The molecule has 0 aliphatic carbocycles. The zero-order chi connectivity index (χ0) is 32.4. The molecule has 0 aliphatic rings. The molecule has 0 radical (unpaired) electrons. The smallest absolute Gasteiger partial charge is 0.336 e. The molecule has 0 aliphatic heterocycles. The molecule has 0 fully saturated rings. The molecule has 246 valence electrons. The summed E-state index contributed by atoms with van der Waals surface area (Å²) in [7, 11) is 7.94. The van der Waals surface area contributed by atoms with Gasteiger partial charge in [0.1, 0.15) is 0 Å². The summed E-state index contributed by atoms with van der Waals surface area (Å²) in [6.45, 7) is 14.0. The van der Waals surface area contributed by atoms with Crippen molar-refractivity contribution in [3.8, 4) is 0 Å². The molecule has 42 heavy (non-hydrogen) atoms. The van der Waals surface area contributed by atoms with Gasteiger partial charge in [0.2, 0.25) is 0 Å². The number of aromatic nitrogens is 3. The highest BCUT2D eigenvalue weighted by atomic mass is 16.3. The van der Waals surface area contributed by atoms with Crippen LogP contribution in [0.2, 0.25) is 0 Å². The molecule has 1 aromatic heterocycles. The van der Waals surface area contributed by atoms with Crippen molar-refractivity contribution in [2.24, 2.45) is 5.41 Å². The van der Waals surface area contributed by atoms with E-state index in [1.165, 1.54) is 0 Å². The molecule has 13 heteroatoms. The molecule has 0 bridgehead atoms. The number of nitrogens with zero attached hydrogens (tertiary/aromatic N) is 6. The molecule has 1 heterocycles. The van der Waals surface area contributed by atoms with Crippen LogP contribution in [0, 0.1) is 5.41 Å². The van der Waals surface area contributed by atoms with Crippen LogP contribution in [-0.2, 0) is 19.6 Å². The van der Waals surface area contributed by atoms with Gasteiger partial charge >= 0.3 is 17.1 Å². The summed E-state index contributed by atoms with van der Waals surface area (Å²) in [6, 6.07) is 0. The highest BCUT2D eigenvalue weighted by molar-refractivity contribution is 4.86. The van der Waals surface area contributed by atoms with Crippen molar-refractivity contribution < 1.29 is 15.3 Å². The van der Waals surface area contributed by atoms with Crippen LogP contribution < -0.4 is 22.4 Å². The second kappa shape index (κ2) is 16.8. The Hall–Kier alpha value is -1.87. The van der Waals surface area contributed by atoms with Gasteiger partial charge in [0.25, 0.3) is 0 Å². The number of hydrogen-bond donors (Lipinski definition) is 4. The van der Waals surface area contributed by atoms with E-state index in [1.807, 2.05) is 53.9 Å². The van der Waals surface area contributed by atoms with Crippen LogP contribution in [0.1, 0.15) is 54.4 Å². The fraction of sp³-hybridized carbons (Fsp3) is 0.897. The third-order valence-corrected chi connectivity index (χ3v) is 7.28. The highest BCUT2D eigenvalue weighted by Crippen LogP contribution is 2.19. The quantitative estimate of drug-likeness (QED) is 0.153. The lowest BCUT2D eigenvalue weighted by atomic mass is 9.89. The average molecular weight is 602 g/mol. The van der Waals surface area contributed by atoms with Crippen molar-refractivity contribution in [3.05, 3.63) is 31.5 Å². The van der Waals surface area contributed by atoms with Gasteiger partial charge in [0.15, 0.2) is 0 Å². The number of nitrogens with one attached hydrogen (secondary N) is 1. The maximum atomic E-state index is 13.5. The number of aliphatic hydroxyl groups is 3. The van der Waals surface area contributed by atoms with E-state index in [2.05, 4.69) is 15.1 Å². The van der Waals surface area contributed by atoms with Crippen LogP contribution in [0.4, 0.5) is 0 Å². The topological polar surface area (TPSA) is 148 Å². The lowest BCUT2D eigenvalue weighted by molar-refractivity contribution is 0.0394.